The van der Waals surface area contributed by atoms with E-state index in [2.05, 4.69) is 48.3 Å². The van der Waals surface area contributed by atoms with Gasteiger partial charge in [-0.3, -0.25) is 0 Å². The van der Waals surface area contributed by atoms with Crippen molar-refractivity contribution in [2.75, 3.05) is 17.7 Å². The maximum atomic E-state index is 4.63. The second-order valence-electron chi connectivity index (χ2n) is 4.80. The standard InChI is InChI=1S/C14H26N4/c1-6-8-10(3)16-14-11(4)13(15-5)17-12(18-14)9-7-2/h10H,6-9H2,1-5H3,(H2,15,16,17,18). The van der Waals surface area contributed by atoms with Crippen LogP contribution in [0.1, 0.15) is 51.4 Å². The van der Waals surface area contributed by atoms with Crippen LogP contribution in [0.25, 0.3) is 0 Å². The molecule has 0 radical (unpaired) electrons. The van der Waals surface area contributed by atoms with E-state index in [9.17, 15) is 0 Å². The fourth-order valence-electron chi connectivity index (χ4n) is 2.02. The lowest BCUT2D eigenvalue weighted by atomic mass is 10.2. The van der Waals surface area contributed by atoms with E-state index in [1.54, 1.807) is 0 Å². The number of nitrogens with one attached hydrogen (secondary N) is 2. The van der Waals surface area contributed by atoms with Crippen LogP contribution in [0.4, 0.5) is 11.6 Å². The van der Waals surface area contributed by atoms with Gasteiger partial charge in [-0.2, -0.15) is 0 Å². The molecule has 0 spiro atoms. The van der Waals surface area contributed by atoms with E-state index in [-0.39, 0.29) is 0 Å². The molecule has 0 saturated carbocycles. The zero-order chi connectivity index (χ0) is 13.5. The Morgan fingerprint density at radius 1 is 1.11 bits per heavy atom. The summed E-state index contributed by atoms with van der Waals surface area (Å²) in [6.07, 6.45) is 4.32. The molecule has 4 heteroatoms. The summed E-state index contributed by atoms with van der Waals surface area (Å²) in [6, 6.07) is 0.447. The summed E-state index contributed by atoms with van der Waals surface area (Å²) in [6.45, 7) is 8.60. The molecule has 2 N–H and O–H groups in total. The molecule has 102 valence electrons. The van der Waals surface area contributed by atoms with Crippen LogP contribution in [0, 0.1) is 6.92 Å². The molecule has 0 aromatic carbocycles. The fraction of sp³-hybridized carbons (Fsp3) is 0.714. The highest BCUT2D eigenvalue weighted by Gasteiger charge is 2.11. The summed E-state index contributed by atoms with van der Waals surface area (Å²) < 4.78 is 0. The zero-order valence-electron chi connectivity index (χ0n) is 12.3. The normalized spacial score (nSPS) is 12.3. The van der Waals surface area contributed by atoms with Gasteiger partial charge in [0.2, 0.25) is 0 Å². The summed E-state index contributed by atoms with van der Waals surface area (Å²) in [4.78, 5) is 9.16. The maximum Gasteiger partial charge on any atom is 0.134 e. The second kappa shape index (κ2) is 7.19. The van der Waals surface area contributed by atoms with Crippen molar-refractivity contribution in [3.05, 3.63) is 11.4 Å². The Morgan fingerprint density at radius 3 is 2.33 bits per heavy atom. The summed E-state index contributed by atoms with van der Waals surface area (Å²) in [5.41, 5.74) is 1.10. The highest BCUT2D eigenvalue weighted by molar-refractivity contribution is 5.57. The van der Waals surface area contributed by atoms with Gasteiger partial charge in [-0.1, -0.05) is 20.3 Å². The van der Waals surface area contributed by atoms with E-state index < -0.39 is 0 Å². The Morgan fingerprint density at radius 2 is 1.78 bits per heavy atom. The smallest absolute Gasteiger partial charge is 0.134 e. The van der Waals surface area contributed by atoms with Crippen LogP contribution in [0.5, 0.6) is 0 Å². The van der Waals surface area contributed by atoms with E-state index in [0.29, 0.717) is 6.04 Å². The van der Waals surface area contributed by atoms with Gasteiger partial charge < -0.3 is 10.6 Å². The minimum absolute atomic E-state index is 0.447. The molecule has 0 aliphatic carbocycles. The van der Waals surface area contributed by atoms with Crippen LogP contribution >= 0.6 is 0 Å². The lowest BCUT2D eigenvalue weighted by molar-refractivity contribution is 0.684. The Hall–Kier alpha value is -1.32. The Bertz CT molecular complexity index is 376. The summed E-state index contributed by atoms with van der Waals surface area (Å²) >= 11 is 0. The van der Waals surface area contributed by atoms with Gasteiger partial charge in [0.1, 0.15) is 17.5 Å². The minimum Gasteiger partial charge on any atom is -0.373 e. The Kier molecular flexibility index (Phi) is 5.89. The highest BCUT2D eigenvalue weighted by atomic mass is 15.1. The van der Waals surface area contributed by atoms with Crippen molar-refractivity contribution in [1.29, 1.82) is 0 Å². The van der Waals surface area contributed by atoms with Crippen molar-refractivity contribution in [2.24, 2.45) is 0 Å². The highest BCUT2D eigenvalue weighted by Crippen LogP contribution is 2.21. The number of rotatable bonds is 7. The maximum absolute atomic E-state index is 4.63. The number of hydrogen-bond donors (Lipinski definition) is 2. The van der Waals surface area contributed by atoms with E-state index in [0.717, 1.165) is 42.3 Å². The Balaban J connectivity index is 2.96. The van der Waals surface area contributed by atoms with E-state index in [1.807, 2.05) is 7.05 Å². The summed E-state index contributed by atoms with van der Waals surface area (Å²) in [5.74, 6) is 2.82. The molecule has 4 nitrogen and oxygen atoms in total. The van der Waals surface area contributed by atoms with Gasteiger partial charge in [-0.05, 0) is 26.7 Å². The average Bonchev–Trinajstić information content (AvgIpc) is 2.33. The molecule has 0 fully saturated rings. The van der Waals surface area contributed by atoms with Crippen molar-refractivity contribution in [3.8, 4) is 0 Å². The second-order valence-corrected chi connectivity index (χ2v) is 4.80. The zero-order valence-corrected chi connectivity index (χ0v) is 12.3. The van der Waals surface area contributed by atoms with Crippen molar-refractivity contribution < 1.29 is 0 Å². The van der Waals surface area contributed by atoms with E-state index in [1.165, 1.54) is 6.42 Å². The van der Waals surface area contributed by atoms with Crippen LogP contribution < -0.4 is 10.6 Å². The molecular formula is C14H26N4. The lowest BCUT2D eigenvalue weighted by Crippen LogP contribution is -2.18. The van der Waals surface area contributed by atoms with Gasteiger partial charge in [0.05, 0.1) is 0 Å². The van der Waals surface area contributed by atoms with Gasteiger partial charge in [-0.25, -0.2) is 9.97 Å². The number of aryl methyl sites for hydroxylation is 1. The van der Waals surface area contributed by atoms with Gasteiger partial charge in [0.25, 0.3) is 0 Å². The summed E-state index contributed by atoms with van der Waals surface area (Å²) in [7, 11) is 1.91. The van der Waals surface area contributed by atoms with Gasteiger partial charge >= 0.3 is 0 Å². The van der Waals surface area contributed by atoms with Crippen molar-refractivity contribution >= 4 is 11.6 Å². The predicted molar refractivity (Wildman–Crippen MR) is 78.3 cm³/mol. The number of aromatic nitrogens is 2. The first-order valence-electron chi connectivity index (χ1n) is 6.94. The Labute approximate surface area is 111 Å². The molecule has 0 saturated heterocycles. The number of anilines is 2. The molecule has 1 unspecified atom stereocenters. The first-order valence-corrected chi connectivity index (χ1v) is 6.94. The first-order chi connectivity index (χ1) is 8.62. The molecule has 1 atom stereocenters. The van der Waals surface area contributed by atoms with Crippen molar-refractivity contribution in [2.45, 2.75) is 59.4 Å². The number of nitrogens with zero attached hydrogens (tertiary/aromatic N) is 2. The third-order valence-corrected chi connectivity index (χ3v) is 3.01. The van der Waals surface area contributed by atoms with Crippen molar-refractivity contribution in [3.63, 3.8) is 0 Å². The van der Waals surface area contributed by atoms with E-state index >= 15 is 0 Å². The molecular weight excluding hydrogens is 224 g/mol. The van der Waals surface area contributed by atoms with Crippen LogP contribution in [0.15, 0.2) is 0 Å². The van der Waals surface area contributed by atoms with Crippen molar-refractivity contribution in [1.82, 2.24) is 9.97 Å². The van der Waals surface area contributed by atoms with Crippen LogP contribution in [0.2, 0.25) is 0 Å². The van der Waals surface area contributed by atoms with Gasteiger partial charge in [-0.15, -0.1) is 0 Å². The largest absolute Gasteiger partial charge is 0.373 e. The quantitative estimate of drug-likeness (QED) is 0.779. The van der Waals surface area contributed by atoms with Crippen LogP contribution in [-0.2, 0) is 6.42 Å². The monoisotopic (exact) mass is 250 g/mol. The molecule has 0 bridgehead atoms. The average molecular weight is 250 g/mol. The lowest BCUT2D eigenvalue weighted by Gasteiger charge is -2.17. The summed E-state index contributed by atoms with van der Waals surface area (Å²) in [5, 5.41) is 6.64. The number of hydrogen-bond acceptors (Lipinski definition) is 4. The molecule has 0 amide bonds. The third kappa shape index (κ3) is 3.86. The SMILES string of the molecule is CCCc1nc(NC)c(C)c(NC(C)CCC)n1. The fourth-order valence-corrected chi connectivity index (χ4v) is 2.02. The van der Waals surface area contributed by atoms with E-state index in [4.69, 9.17) is 0 Å². The topological polar surface area (TPSA) is 49.8 Å². The molecule has 0 aliphatic rings. The predicted octanol–water partition coefficient (Wildman–Crippen LogP) is 3.38. The molecule has 18 heavy (non-hydrogen) atoms. The van der Waals surface area contributed by atoms with Crippen LogP contribution in [-0.4, -0.2) is 23.1 Å². The van der Waals surface area contributed by atoms with Gasteiger partial charge in [0, 0.05) is 25.1 Å². The third-order valence-electron chi connectivity index (χ3n) is 3.01. The molecule has 0 aliphatic heterocycles. The molecule has 1 aromatic rings. The minimum atomic E-state index is 0.447. The van der Waals surface area contributed by atoms with Gasteiger partial charge in [0.15, 0.2) is 0 Å². The molecule has 1 aromatic heterocycles. The molecule has 1 rings (SSSR count). The first kappa shape index (κ1) is 14.7. The molecule has 1 heterocycles. The van der Waals surface area contributed by atoms with Crippen LogP contribution in [0.3, 0.4) is 0 Å².